The number of halogens is 4. The molecule has 0 unspecified atom stereocenters. The van der Waals surface area contributed by atoms with Crippen molar-refractivity contribution < 1.29 is 19.1 Å². The lowest BCUT2D eigenvalue weighted by Crippen LogP contribution is -2.15. The first-order valence-corrected chi connectivity index (χ1v) is 11.3. The molecule has 0 aliphatic carbocycles. The first-order chi connectivity index (χ1) is 14.3. The van der Waals surface area contributed by atoms with E-state index in [1.807, 2.05) is 6.07 Å². The van der Waals surface area contributed by atoms with Crippen molar-refractivity contribution in [2.75, 3.05) is 18.5 Å². The van der Waals surface area contributed by atoms with Crippen molar-refractivity contribution in [2.45, 2.75) is 6.92 Å². The molecule has 0 heterocycles. The molecule has 2 aromatic carbocycles. The van der Waals surface area contributed by atoms with Gasteiger partial charge in [-0.2, -0.15) is 5.26 Å². The Bertz CT molecular complexity index is 1030. The number of carbonyl (C=O) groups is 2. The van der Waals surface area contributed by atoms with E-state index in [2.05, 4.69) is 50.5 Å². The van der Waals surface area contributed by atoms with E-state index in [0.29, 0.717) is 29.2 Å². The highest BCUT2D eigenvalue weighted by molar-refractivity contribution is 14.1. The molecule has 6 nitrogen and oxygen atoms in total. The van der Waals surface area contributed by atoms with Crippen LogP contribution in [0.4, 0.5) is 5.69 Å². The molecule has 2 rings (SSSR count). The number of ether oxygens (including phenoxy) is 2. The lowest BCUT2D eigenvalue weighted by molar-refractivity contribution is -0.145. The second kappa shape index (κ2) is 11.7. The van der Waals surface area contributed by atoms with Crippen LogP contribution in [0.1, 0.15) is 12.5 Å². The molecule has 1 amide bonds. The number of nitriles is 1. The van der Waals surface area contributed by atoms with Crippen LogP contribution >= 0.6 is 68.4 Å². The monoisotopic (exact) mass is 670 g/mol. The Labute approximate surface area is 210 Å². The average Bonchev–Trinajstić information content (AvgIpc) is 2.69. The van der Waals surface area contributed by atoms with Gasteiger partial charge in [-0.15, -0.1) is 0 Å². The molecule has 0 fully saturated rings. The van der Waals surface area contributed by atoms with E-state index in [1.54, 1.807) is 37.3 Å². The van der Waals surface area contributed by atoms with Crippen molar-refractivity contribution in [3.8, 4) is 11.8 Å². The zero-order chi connectivity index (χ0) is 22.3. The minimum absolute atomic E-state index is 0.113. The van der Waals surface area contributed by atoms with Gasteiger partial charge in [0, 0.05) is 0 Å². The molecule has 0 aliphatic heterocycles. The number of benzene rings is 2. The zero-order valence-electron chi connectivity index (χ0n) is 15.5. The smallest absolute Gasteiger partial charge is 0.344 e. The molecular weight excluding hydrogens is 657 g/mol. The third kappa shape index (κ3) is 6.73. The van der Waals surface area contributed by atoms with Crippen molar-refractivity contribution in [1.29, 1.82) is 5.26 Å². The quantitative estimate of drug-likeness (QED) is 0.177. The van der Waals surface area contributed by atoms with Crippen LogP contribution in [0.5, 0.6) is 5.75 Å². The number of hydrogen-bond donors (Lipinski definition) is 1. The topological polar surface area (TPSA) is 88.4 Å². The highest BCUT2D eigenvalue weighted by Gasteiger charge is 2.15. The minimum Gasteiger partial charge on any atom is -0.480 e. The second-order valence-electron chi connectivity index (χ2n) is 5.63. The lowest BCUT2D eigenvalue weighted by Gasteiger charge is -2.11. The molecule has 0 atom stereocenters. The summed E-state index contributed by atoms with van der Waals surface area (Å²) in [5.74, 6) is -0.555. The number of nitrogens with zero attached hydrogens (tertiary/aromatic N) is 1. The van der Waals surface area contributed by atoms with Crippen molar-refractivity contribution in [3.05, 3.63) is 58.7 Å². The van der Waals surface area contributed by atoms with Crippen molar-refractivity contribution in [2.24, 2.45) is 0 Å². The SMILES string of the molecule is CCOC(=O)COc1c(I)cc(/C=C(/C#N)C(=O)Nc2cccc(Cl)c2Cl)cc1I. The predicted molar refractivity (Wildman–Crippen MR) is 133 cm³/mol. The number of carbonyl (C=O) groups excluding carboxylic acids is 2. The van der Waals surface area contributed by atoms with Gasteiger partial charge in [0.25, 0.3) is 5.91 Å². The van der Waals surface area contributed by atoms with Crippen molar-refractivity contribution in [1.82, 2.24) is 0 Å². The van der Waals surface area contributed by atoms with Crippen LogP contribution in [0, 0.1) is 18.5 Å². The third-order valence-corrected chi connectivity index (χ3v) is 5.96. The summed E-state index contributed by atoms with van der Waals surface area (Å²) in [6.07, 6.45) is 1.45. The maximum atomic E-state index is 12.5. The predicted octanol–water partition coefficient (Wildman–Crippen LogP) is 5.69. The van der Waals surface area contributed by atoms with Gasteiger partial charge in [-0.3, -0.25) is 4.79 Å². The molecule has 10 heteroatoms. The van der Waals surface area contributed by atoms with Crippen LogP contribution in [-0.2, 0) is 14.3 Å². The first-order valence-electron chi connectivity index (χ1n) is 8.41. The number of anilines is 1. The summed E-state index contributed by atoms with van der Waals surface area (Å²) in [5, 5.41) is 12.5. The van der Waals surface area contributed by atoms with Crippen LogP contribution in [0.3, 0.4) is 0 Å². The van der Waals surface area contributed by atoms with Gasteiger partial charge in [0.1, 0.15) is 17.4 Å². The molecule has 30 heavy (non-hydrogen) atoms. The summed E-state index contributed by atoms with van der Waals surface area (Å²) >= 11 is 16.1. The fourth-order valence-electron chi connectivity index (χ4n) is 2.24. The summed E-state index contributed by atoms with van der Waals surface area (Å²) in [5.41, 5.74) is 0.816. The van der Waals surface area contributed by atoms with Gasteiger partial charge >= 0.3 is 5.97 Å². The van der Waals surface area contributed by atoms with Crippen LogP contribution < -0.4 is 10.1 Å². The minimum atomic E-state index is -0.616. The zero-order valence-corrected chi connectivity index (χ0v) is 21.3. The van der Waals surface area contributed by atoms with Crippen LogP contribution in [0.2, 0.25) is 10.0 Å². The Morgan fingerprint density at radius 3 is 2.50 bits per heavy atom. The second-order valence-corrected chi connectivity index (χ2v) is 8.74. The molecule has 0 saturated heterocycles. The maximum Gasteiger partial charge on any atom is 0.344 e. The fraction of sp³-hybridized carbons (Fsp3) is 0.150. The standard InChI is InChI=1S/C20H14Cl2I2N2O4/c1-2-29-17(27)10-30-19-14(23)7-11(8-15(19)24)6-12(9-25)20(28)26-16-5-3-4-13(21)18(16)22/h3-8H,2,10H2,1H3,(H,26,28)/b12-6-. The van der Waals surface area contributed by atoms with E-state index in [-0.39, 0.29) is 23.8 Å². The van der Waals surface area contributed by atoms with E-state index in [0.717, 1.165) is 0 Å². The fourth-order valence-corrected chi connectivity index (χ4v) is 4.72. The Kier molecular flexibility index (Phi) is 9.67. The lowest BCUT2D eigenvalue weighted by atomic mass is 10.1. The summed E-state index contributed by atoms with van der Waals surface area (Å²) in [4.78, 5) is 24.0. The molecule has 2 aromatic rings. The van der Waals surface area contributed by atoms with E-state index < -0.39 is 11.9 Å². The van der Waals surface area contributed by atoms with Gasteiger partial charge < -0.3 is 14.8 Å². The Hall–Kier alpha value is -1.55. The summed E-state index contributed by atoms with van der Waals surface area (Å²) in [6, 6.07) is 10.2. The van der Waals surface area contributed by atoms with Crippen LogP contribution in [0.25, 0.3) is 6.08 Å². The highest BCUT2D eigenvalue weighted by Crippen LogP contribution is 2.31. The summed E-state index contributed by atoms with van der Waals surface area (Å²) < 4.78 is 11.8. The normalized spacial score (nSPS) is 10.9. The number of nitrogens with one attached hydrogen (secondary N) is 1. The summed E-state index contributed by atoms with van der Waals surface area (Å²) in [6.45, 7) is 1.79. The van der Waals surface area contributed by atoms with Gasteiger partial charge in [-0.1, -0.05) is 29.3 Å². The van der Waals surface area contributed by atoms with Gasteiger partial charge in [-0.05, 0) is 88.0 Å². The number of hydrogen-bond acceptors (Lipinski definition) is 5. The number of rotatable bonds is 7. The van der Waals surface area contributed by atoms with Crippen LogP contribution in [0.15, 0.2) is 35.9 Å². The van der Waals surface area contributed by atoms with Gasteiger partial charge in [0.05, 0.1) is 29.5 Å². The number of amides is 1. The Morgan fingerprint density at radius 2 is 1.90 bits per heavy atom. The van der Waals surface area contributed by atoms with E-state index >= 15 is 0 Å². The molecule has 1 N–H and O–H groups in total. The molecule has 0 bridgehead atoms. The molecule has 0 aliphatic rings. The number of esters is 1. The van der Waals surface area contributed by atoms with E-state index in [1.165, 1.54) is 6.08 Å². The molecule has 0 spiro atoms. The molecule has 0 radical (unpaired) electrons. The average molecular weight is 671 g/mol. The molecule has 0 saturated carbocycles. The maximum absolute atomic E-state index is 12.5. The van der Waals surface area contributed by atoms with E-state index in [4.69, 9.17) is 32.7 Å². The van der Waals surface area contributed by atoms with Crippen molar-refractivity contribution in [3.63, 3.8) is 0 Å². The third-order valence-electron chi connectivity index (χ3n) is 3.54. The van der Waals surface area contributed by atoms with Crippen molar-refractivity contribution >= 4 is 92.0 Å². The Morgan fingerprint density at radius 1 is 1.23 bits per heavy atom. The highest BCUT2D eigenvalue weighted by atomic mass is 127. The van der Waals surface area contributed by atoms with Gasteiger partial charge in [0.2, 0.25) is 0 Å². The Balaban J connectivity index is 2.22. The molecular formula is C20H14Cl2I2N2O4. The molecule has 156 valence electrons. The summed E-state index contributed by atoms with van der Waals surface area (Å²) in [7, 11) is 0. The molecule has 0 aromatic heterocycles. The van der Waals surface area contributed by atoms with Gasteiger partial charge in [-0.25, -0.2) is 4.79 Å². The van der Waals surface area contributed by atoms with Gasteiger partial charge in [0.15, 0.2) is 6.61 Å². The first kappa shape index (κ1) is 24.7. The van der Waals surface area contributed by atoms with Crippen LogP contribution in [-0.4, -0.2) is 25.1 Å². The largest absolute Gasteiger partial charge is 0.480 e. The van der Waals surface area contributed by atoms with E-state index in [9.17, 15) is 14.9 Å².